The Morgan fingerprint density at radius 1 is 0.211 bits per heavy atom. The van der Waals surface area contributed by atoms with Gasteiger partial charge >= 0.3 is 0 Å². The van der Waals surface area contributed by atoms with Gasteiger partial charge in [-0.05, 0) is 129 Å². The maximum atomic E-state index is 7.29. The van der Waals surface area contributed by atoms with Crippen LogP contribution in [0.3, 0.4) is 0 Å². The van der Waals surface area contributed by atoms with Crippen molar-refractivity contribution in [1.29, 1.82) is 0 Å². The fraction of sp³-hybridized carbons (Fsp3) is 0.0297. The molecule has 0 spiro atoms. The molecule has 0 aliphatic heterocycles. The second-order valence-electron chi connectivity index (χ2n) is 29.0. The average molecular weight is 1400 g/mol. The molecular formula is C101H62N2O6. The molecule has 23 aromatic rings. The number of furan rings is 6. The van der Waals surface area contributed by atoms with E-state index in [-0.39, 0.29) is 5.92 Å². The summed E-state index contributed by atoms with van der Waals surface area (Å²) in [6, 6.07) is 118. The number of rotatable bonds is 11. The lowest BCUT2D eigenvalue weighted by molar-refractivity contribution is 0.655. The van der Waals surface area contributed by atoms with Crippen molar-refractivity contribution in [3.8, 4) is 44.5 Å². The summed E-state index contributed by atoms with van der Waals surface area (Å²) in [5.41, 5.74) is 24.6. The van der Waals surface area contributed by atoms with E-state index >= 15 is 0 Å². The van der Waals surface area contributed by atoms with Crippen LogP contribution >= 0.6 is 0 Å². The van der Waals surface area contributed by atoms with Crippen molar-refractivity contribution >= 4 is 187 Å². The van der Waals surface area contributed by atoms with Crippen LogP contribution in [-0.4, -0.2) is 0 Å². The summed E-state index contributed by atoms with van der Waals surface area (Å²) in [6.07, 6.45) is 0. The average Bonchev–Trinajstić information content (AvgIpc) is 1.56. The lowest BCUT2D eigenvalue weighted by atomic mass is 9.93. The van der Waals surface area contributed by atoms with Crippen LogP contribution in [0.1, 0.15) is 25.3 Å². The number of benzene rings is 17. The van der Waals surface area contributed by atoms with Gasteiger partial charge in [-0.15, -0.1) is 0 Å². The summed E-state index contributed by atoms with van der Waals surface area (Å²) in [5.74, 6) is 0.0673. The van der Waals surface area contributed by atoms with Gasteiger partial charge in [0.25, 0.3) is 0 Å². The fourth-order valence-electron chi connectivity index (χ4n) is 17.6. The maximum absolute atomic E-state index is 7.29. The molecule has 0 radical (unpaired) electrons. The van der Waals surface area contributed by atoms with E-state index < -0.39 is 0 Å². The van der Waals surface area contributed by atoms with Gasteiger partial charge in [0.2, 0.25) is 0 Å². The summed E-state index contributed by atoms with van der Waals surface area (Å²) in [6.45, 7) is 4.51. The minimum absolute atomic E-state index is 0.0673. The highest BCUT2D eigenvalue weighted by Gasteiger charge is 2.30. The minimum Gasteiger partial charge on any atom is -0.456 e. The van der Waals surface area contributed by atoms with Gasteiger partial charge in [0.05, 0.1) is 22.7 Å². The van der Waals surface area contributed by atoms with E-state index in [4.69, 9.17) is 26.5 Å². The molecule has 0 unspecified atom stereocenters. The van der Waals surface area contributed by atoms with Crippen molar-refractivity contribution in [3.05, 3.63) is 339 Å². The zero-order chi connectivity index (χ0) is 71.7. The summed E-state index contributed by atoms with van der Waals surface area (Å²) < 4.78 is 43.4. The van der Waals surface area contributed by atoms with Crippen LogP contribution in [0.2, 0.25) is 0 Å². The molecule has 6 heterocycles. The quantitative estimate of drug-likeness (QED) is 0.127. The lowest BCUT2D eigenvalue weighted by Gasteiger charge is -2.26. The Labute approximate surface area is 623 Å². The number of fused-ring (bicyclic) bond motifs is 20. The first kappa shape index (κ1) is 61.0. The normalized spacial score (nSPS) is 12.2. The van der Waals surface area contributed by atoms with Crippen LogP contribution in [0.25, 0.3) is 198 Å². The molecule has 0 fully saturated rings. The molecule has 6 aromatic heterocycles. The van der Waals surface area contributed by atoms with E-state index in [9.17, 15) is 0 Å². The van der Waals surface area contributed by atoms with Gasteiger partial charge in [0.1, 0.15) is 44.7 Å². The van der Waals surface area contributed by atoms with Crippen molar-refractivity contribution in [2.24, 2.45) is 0 Å². The van der Waals surface area contributed by atoms with Crippen LogP contribution in [0.4, 0.5) is 34.1 Å². The van der Waals surface area contributed by atoms with E-state index in [1.54, 1.807) is 0 Å². The largest absolute Gasteiger partial charge is 0.456 e. The van der Waals surface area contributed by atoms with Crippen molar-refractivity contribution in [3.63, 3.8) is 0 Å². The lowest BCUT2D eigenvalue weighted by Crippen LogP contribution is -2.10. The van der Waals surface area contributed by atoms with Gasteiger partial charge in [-0.3, -0.25) is 0 Å². The maximum Gasteiger partial charge on any atom is 0.159 e. The molecule has 0 N–H and O–H groups in total. The third kappa shape index (κ3) is 9.25. The van der Waals surface area contributed by atoms with Gasteiger partial charge < -0.3 is 36.3 Å². The van der Waals surface area contributed by atoms with E-state index in [1.807, 2.05) is 0 Å². The molecule has 109 heavy (non-hydrogen) atoms. The number of para-hydroxylation sites is 8. The van der Waals surface area contributed by atoms with Crippen molar-refractivity contribution in [2.75, 3.05) is 9.80 Å². The number of anilines is 6. The Bertz CT molecular complexity index is 7060. The molecule has 8 heteroatoms. The first-order valence-electron chi connectivity index (χ1n) is 37.2. The van der Waals surface area contributed by atoms with E-state index in [1.165, 1.54) is 0 Å². The summed E-state index contributed by atoms with van der Waals surface area (Å²) in [4.78, 5) is 4.63. The zero-order valence-electron chi connectivity index (χ0n) is 59.2. The Kier molecular flexibility index (Phi) is 13.2. The molecule has 0 bridgehead atoms. The highest BCUT2D eigenvalue weighted by atomic mass is 16.4. The Morgan fingerprint density at radius 3 is 0.881 bits per heavy atom. The second kappa shape index (κ2) is 23.6. The van der Waals surface area contributed by atoms with E-state index in [0.29, 0.717) is 0 Å². The fourth-order valence-corrected chi connectivity index (χ4v) is 17.6. The molecule has 0 saturated heterocycles. The predicted octanol–water partition coefficient (Wildman–Crippen LogP) is 30.1. The standard InChI is InChI=1S/C101H62N2O6/c1-58(2)91-92-83-54-64-48-50-68(103(86-45-21-41-79-75-37-17-33-71(95(75)108-99(79)86)61-27-11-5-12-28-61)87-46-22-42-80-76-38-18-34-72(96(76)109-100(80)87)62-29-13-6-14-30-62)52-66(64)56-89(83)104-90(92)57-82-81-53-63-47-49-67(51-65(63)55-88(81)105-101(82)91)102(84-43-19-39-77-73-35-15-31-69(93(73)106-97(77)84)59-23-7-3-8-24-59)85-44-20-40-78-74-36-16-32-70(94(74)107-98(78)85)60-25-9-4-10-26-60/h3-58H,1-2H3. The third-order valence-electron chi connectivity index (χ3n) is 22.5. The molecule has 0 aliphatic carbocycles. The molecule has 0 amide bonds. The summed E-state index contributed by atoms with van der Waals surface area (Å²) in [5, 5.41) is 16.5. The Balaban J connectivity index is 0.681. The van der Waals surface area contributed by atoms with Crippen LogP contribution in [0.15, 0.2) is 360 Å². The van der Waals surface area contributed by atoms with Crippen LogP contribution in [0, 0.1) is 0 Å². The van der Waals surface area contributed by atoms with Crippen molar-refractivity contribution in [2.45, 2.75) is 19.8 Å². The number of nitrogens with zero attached hydrogens (tertiary/aromatic N) is 2. The van der Waals surface area contributed by atoms with Gasteiger partial charge in [-0.1, -0.05) is 269 Å². The highest BCUT2D eigenvalue weighted by molar-refractivity contribution is 6.23. The van der Waals surface area contributed by atoms with Gasteiger partial charge in [-0.2, -0.15) is 0 Å². The highest BCUT2D eigenvalue weighted by Crippen LogP contribution is 2.53. The molecule has 23 rings (SSSR count). The zero-order valence-corrected chi connectivity index (χ0v) is 59.2. The number of hydrogen-bond acceptors (Lipinski definition) is 8. The summed E-state index contributed by atoms with van der Waals surface area (Å²) in [7, 11) is 0. The van der Waals surface area contributed by atoms with Crippen molar-refractivity contribution in [1.82, 2.24) is 0 Å². The Hall–Kier alpha value is -14.3. The van der Waals surface area contributed by atoms with E-state index in [2.05, 4.69) is 357 Å². The molecule has 0 saturated carbocycles. The molecule has 0 atom stereocenters. The van der Waals surface area contributed by atoms with Crippen molar-refractivity contribution < 1.29 is 26.5 Å². The van der Waals surface area contributed by atoms with Crippen LogP contribution in [0.5, 0.6) is 0 Å². The SMILES string of the molecule is CC(C)c1c2oc3cc4cc(N(c5cccc6c5oc5c(-c7ccccc7)cccc56)c5cccc6c5oc5c(-c7ccccc7)cccc56)ccc4cc3c2cc2oc3cc4cc(N(c5cccc6c5oc5c(-c7ccccc7)cccc56)c5cccc6c5oc5c(-c7ccccc7)cccc56)ccc4cc3c12. The van der Waals surface area contributed by atoms with Gasteiger partial charge in [0.15, 0.2) is 22.3 Å². The van der Waals surface area contributed by atoms with E-state index in [0.717, 1.165) is 237 Å². The Morgan fingerprint density at radius 2 is 0.532 bits per heavy atom. The van der Waals surface area contributed by atoms with Crippen LogP contribution < -0.4 is 9.80 Å². The molecule has 512 valence electrons. The molecular weight excluding hydrogens is 1340 g/mol. The number of hydrogen-bond donors (Lipinski definition) is 0. The topological polar surface area (TPSA) is 85.3 Å². The predicted molar refractivity (Wildman–Crippen MR) is 450 cm³/mol. The summed E-state index contributed by atoms with van der Waals surface area (Å²) >= 11 is 0. The molecule has 0 aliphatic rings. The molecule has 8 nitrogen and oxygen atoms in total. The first-order chi connectivity index (χ1) is 53.9. The monoisotopic (exact) mass is 1400 g/mol. The second-order valence-corrected chi connectivity index (χ2v) is 29.0. The minimum atomic E-state index is 0.0673. The van der Waals surface area contributed by atoms with Gasteiger partial charge in [-0.25, -0.2) is 0 Å². The smallest absolute Gasteiger partial charge is 0.159 e. The van der Waals surface area contributed by atoms with Gasteiger partial charge in [0, 0.05) is 104 Å². The van der Waals surface area contributed by atoms with Crippen LogP contribution in [-0.2, 0) is 0 Å². The first-order valence-corrected chi connectivity index (χ1v) is 37.2. The molecule has 17 aromatic carbocycles. The third-order valence-corrected chi connectivity index (χ3v) is 22.5.